The fraction of sp³-hybridized carbons (Fsp3) is 0.282. The normalized spacial score (nSPS) is 12.3. The van der Waals surface area contributed by atoms with E-state index in [2.05, 4.69) is 20.5 Å². The number of carbonyl (C=O) groups is 5. The molecule has 2 unspecified atom stereocenters. The van der Waals surface area contributed by atoms with Gasteiger partial charge in [-0.2, -0.15) is 0 Å². The van der Waals surface area contributed by atoms with Crippen LogP contribution in [-0.2, 0) is 30.3 Å². The average Bonchev–Trinajstić information content (AvgIpc) is 3.11. The number of esters is 4. The molecule has 12 heteroatoms. The number of aromatic nitrogens is 1. The Balaban J connectivity index is 0.000000281. The van der Waals surface area contributed by atoms with Crippen molar-refractivity contribution in [2.75, 3.05) is 11.4 Å². The Morgan fingerprint density at radius 1 is 0.725 bits per heavy atom. The van der Waals surface area contributed by atoms with E-state index in [1.54, 1.807) is 51.2 Å². The van der Waals surface area contributed by atoms with Gasteiger partial charge in [0.05, 0.1) is 17.2 Å². The van der Waals surface area contributed by atoms with Gasteiger partial charge in [-0.3, -0.25) is 9.78 Å². The highest BCUT2D eigenvalue weighted by molar-refractivity contribution is 6.01. The molecule has 51 heavy (non-hydrogen) atoms. The number of anilines is 1. The third-order valence-corrected chi connectivity index (χ3v) is 7.68. The number of pyridine rings is 1. The maximum Gasteiger partial charge on any atom is 0.346 e. The molecule has 12 nitrogen and oxygen atoms in total. The Hall–Kier alpha value is -5.56. The minimum Gasteiger partial charge on any atom is -0.387 e. The number of aliphatic hydroxyl groups excluding tert-OH is 2. The maximum atomic E-state index is 12.6. The zero-order chi connectivity index (χ0) is 37.7. The quantitative estimate of drug-likeness (QED) is 0.151. The molecule has 0 bridgehead atoms. The van der Waals surface area contributed by atoms with Gasteiger partial charge in [-0.25, -0.2) is 19.2 Å². The first-order valence-electron chi connectivity index (χ1n) is 16.2. The lowest BCUT2D eigenvalue weighted by atomic mass is 10.1. The van der Waals surface area contributed by atoms with E-state index >= 15 is 0 Å². The van der Waals surface area contributed by atoms with E-state index in [9.17, 15) is 34.2 Å². The Labute approximate surface area is 296 Å². The number of amides is 1. The molecule has 0 fully saturated rings. The zero-order valence-electron chi connectivity index (χ0n) is 29.2. The van der Waals surface area contributed by atoms with Gasteiger partial charge in [0.1, 0.15) is 0 Å². The number of aryl methyl sites for hydroxylation is 5. The summed E-state index contributed by atoms with van der Waals surface area (Å²) in [6.07, 6.45) is 0.586. The minimum absolute atomic E-state index is 0.0337. The summed E-state index contributed by atoms with van der Waals surface area (Å²) < 4.78 is 8.86. The third kappa shape index (κ3) is 11.8. The molecular formula is C39H43N3O9. The van der Waals surface area contributed by atoms with E-state index in [0.717, 1.165) is 40.8 Å². The van der Waals surface area contributed by atoms with Crippen LogP contribution in [0.2, 0.25) is 0 Å². The van der Waals surface area contributed by atoms with Crippen molar-refractivity contribution in [2.24, 2.45) is 5.73 Å². The van der Waals surface area contributed by atoms with Crippen LogP contribution < -0.4 is 10.6 Å². The number of rotatable bonds is 11. The molecule has 4 rings (SSSR count). The second kappa shape index (κ2) is 19.0. The van der Waals surface area contributed by atoms with E-state index in [1.807, 2.05) is 49.2 Å². The smallest absolute Gasteiger partial charge is 0.346 e. The highest BCUT2D eigenvalue weighted by Crippen LogP contribution is 2.25. The number of para-hydroxylation sites is 1. The molecule has 3 aromatic carbocycles. The highest BCUT2D eigenvalue weighted by atomic mass is 16.6. The Kier molecular flexibility index (Phi) is 14.9. The Bertz CT molecular complexity index is 1710. The number of nitrogens with two attached hydrogens (primary N) is 1. The number of aliphatic hydroxyl groups is 2. The molecule has 0 saturated heterocycles. The van der Waals surface area contributed by atoms with Crippen molar-refractivity contribution in [1.82, 2.24) is 4.98 Å². The molecule has 1 heterocycles. The van der Waals surface area contributed by atoms with Gasteiger partial charge >= 0.3 is 23.9 Å². The summed E-state index contributed by atoms with van der Waals surface area (Å²) in [6.45, 7) is 10.1. The summed E-state index contributed by atoms with van der Waals surface area (Å²) in [5, 5.41) is 19.5. The lowest BCUT2D eigenvalue weighted by molar-refractivity contribution is -0.166. The van der Waals surface area contributed by atoms with Gasteiger partial charge in [0.2, 0.25) is 5.91 Å². The molecule has 0 spiro atoms. The van der Waals surface area contributed by atoms with Crippen molar-refractivity contribution in [3.05, 3.63) is 130 Å². The molecule has 0 aliphatic carbocycles. The summed E-state index contributed by atoms with van der Waals surface area (Å²) in [5.74, 6) is -5.29. The molecule has 0 radical (unpaired) electrons. The third-order valence-electron chi connectivity index (χ3n) is 7.68. The van der Waals surface area contributed by atoms with Crippen LogP contribution >= 0.6 is 0 Å². The summed E-state index contributed by atoms with van der Waals surface area (Å²) >= 11 is 0. The van der Waals surface area contributed by atoms with E-state index in [0.29, 0.717) is 6.54 Å². The first-order valence-corrected chi connectivity index (χ1v) is 16.2. The van der Waals surface area contributed by atoms with Crippen LogP contribution in [0.4, 0.5) is 5.69 Å². The SMILES string of the molecule is Cc1ccc(C(=O)OC(=O)C(O)C(O)C(=O)OC(=O)c2ccc(C)cc2)cc1.Cc1cccc(C)c1N(CCCc1cccnc1)C(=O)[C@@H](C)N. The summed E-state index contributed by atoms with van der Waals surface area (Å²) in [4.78, 5) is 65.8. The van der Waals surface area contributed by atoms with Crippen LogP contribution in [0.5, 0.6) is 0 Å². The fourth-order valence-corrected chi connectivity index (χ4v) is 4.86. The monoisotopic (exact) mass is 697 g/mol. The van der Waals surface area contributed by atoms with Crippen LogP contribution in [0.15, 0.2) is 91.3 Å². The van der Waals surface area contributed by atoms with Gasteiger partial charge in [0, 0.05) is 24.6 Å². The first kappa shape index (κ1) is 39.9. The predicted molar refractivity (Wildman–Crippen MR) is 190 cm³/mol. The standard InChI is InChI=1S/C20H18O8.C19H25N3O/c1-11-3-7-13(8-4-11)17(23)27-19(25)15(21)16(22)20(26)28-18(24)14-9-5-12(2)6-10-14;1-14-7-4-8-15(2)18(14)22(19(23)16(3)20)12-6-10-17-9-5-11-21-13-17/h3-10,15-16,21-22H,1-2H3;4-5,7-9,11,13,16H,6,10,12,20H2,1-3H3/t;16-/m.1/s1. The predicted octanol–water partition coefficient (Wildman–Crippen LogP) is 4.10. The second-order valence-electron chi connectivity index (χ2n) is 12.0. The van der Waals surface area contributed by atoms with Crippen LogP contribution in [0.3, 0.4) is 0 Å². The molecule has 4 N–H and O–H groups in total. The summed E-state index contributed by atoms with van der Waals surface area (Å²) in [5.41, 5.74) is 12.0. The van der Waals surface area contributed by atoms with E-state index in [-0.39, 0.29) is 17.0 Å². The maximum absolute atomic E-state index is 12.6. The van der Waals surface area contributed by atoms with Crippen LogP contribution in [0.25, 0.3) is 0 Å². The number of hydrogen-bond acceptors (Lipinski definition) is 11. The molecule has 3 atom stereocenters. The molecule has 1 amide bonds. The van der Waals surface area contributed by atoms with E-state index in [4.69, 9.17) is 5.73 Å². The number of nitrogens with zero attached hydrogens (tertiary/aromatic N) is 2. The van der Waals surface area contributed by atoms with Gasteiger partial charge in [-0.05, 0) is 94.5 Å². The van der Waals surface area contributed by atoms with Gasteiger partial charge in [-0.15, -0.1) is 0 Å². The summed E-state index contributed by atoms with van der Waals surface area (Å²) in [7, 11) is 0. The van der Waals surface area contributed by atoms with Crippen molar-refractivity contribution in [2.45, 2.75) is 65.7 Å². The average molecular weight is 698 g/mol. The topological polar surface area (TPSA) is 186 Å². The molecular weight excluding hydrogens is 654 g/mol. The largest absolute Gasteiger partial charge is 0.387 e. The Morgan fingerprint density at radius 2 is 1.20 bits per heavy atom. The van der Waals surface area contributed by atoms with E-state index in [1.165, 1.54) is 29.8 Å². The first-order chi connectivity index (χ1) is 24.2. The Morgan fingerprint density at radius 3 is 1.61 bits per heavy atom. The molecule has 4 aromatic rings. The van der Waals surface area contributed by atoms with E-state index < -0.39 is 42.1 Å². The van der Waals surface area contributed by atoms with Crippen molar-refractivity contribution in [1.29, 1.82) is 0 Å². The number of ether oxygens (including phenoxy) is 2. The number of benzene rings is 3. The van der Waals surface area contributed by atoms with Gasteiger partial charge in [-0.1, -0.05) is 59.7 Å². The van der Waals surface area contributed by atoms with Gasteiger partial charge in [0.25, 0.3) is 0 Å². The highest BCUT2D eigenvalue weighted by Gasteiger charge is 2.35. The lowest BCUT2D eigenvalue weighted by Gasteiger charge is -2.28. The van der Waals surface area contributed by atoms with Crippen LogP contribution in [0, 0.1) is 27.7 Å². The van der Waals surface area contributed by atoms with Gasteiger partial charge < -0.3 is 30.3 Å². The molecule has 268 valence electrons. The van der Waals surface area contributed by atoms with Crippen LogP contribution in [-0.4, -0.2) is 69.8 Å². The van der Waals surface area contributed by atoms with Crippen molar-refractivity contribution in [3.8, 4) is 0 Å². The van der Waals surface area contributed by atoms with Crippen molar-refractivity contribution in [3.63, 3.8) is 0 Å². The van der Waals surface area contributed by atoms with Crippen molar-refractivity contribution >= 4 is 35.5 Å². The lowest BCUT2D eigenvalue weighted by Crippen LogP contribution is -2.43. The minimum atomic E-state index is -2.41. The summed E-state index contributed by atoms with van der Waals surface area (Å²) in [6, 6.07) is 21.6. The molecule has 0 aliphatic rings. The van der Waals surface area contributed by atoms with Gasteiger partial charge in [0.15, 0.2) is 12.2 Å². The molecule has 1 aromatic heterocycles. The van der Waals surface area contributed by atoms with Crippen molar-refractivity contribution < 1.29 is 43.7 Å². The molecule has 0 aliphatic heterocycles. The zero-order valence-corrected chi connectivity index (χ0v) is 29.2. The second-order valence-corrected chi connectivity index (χ2v) is 12.0. The van der Waals surface area contributed by atoms with Crippen LogP contribution in [0.1, 0.15) is 61.9 Å². The molecule has 0 saturated carbocycles. The fourth-order valence-electron chi connectivity index (χ4n) is 4.86. The number of carbonyl (C=O) groups excluding carboxylic acids is 5. The number of hydrogen-bond donors (Lipinski definition) is 3.